The number of piperidine rings is 1. The summed E-state index contributed by atoms with van der Waals surface area (Å²) in [5.41, 5.74) is 2.27. The van der Waals surface area contributed by atoms with E-state index in [1.807, 2.05) is 31.2 Å². The van der Waals surface area contributed by atoms with E-state index in [2.05, 4.69) is 38.3 Å². The van der Waals surface area contributed by atoms with Gasteiger partial charge in [0, 0.05) is 24.4 Å². The molecule has 0 atom stereocenters. The maximum absolute atomic E-state index is 12.3. The summed E-state index contributed by atoms with van der Waals surface area (Å²) in [5.74, 6) is 0.0449. The van der Waals surface area contributed by atoms with E-state index >= 15 is 0 Å². The fourth-order valence-electron chi connectivity index (χ4n) is 3.59. The van der Waals surface area contributed by atoms with Crippen LogP contribution in [0.25, 0.3) is 0 Å². The first-order valence-electron chi connectivity index (χ1n) is 7.42. The number of carbonyl (C=O) groups excluding carboxylic acids is 1. The van der Waals surface area contributed by atoms with E-state index in [4.69, 9.17) is 0 Å². The molecule has 0 aliphatic carbocycles. The Balaban J connectivity index is 2.05. The fraction of sp³-hybridized carbons (Fsp3) is 0.588. The van der Waals surface area contributed by atoms with Crippen LogP contribution in [-0.2, 0) is 0 Å². The zero-order chi connectivity index (χ0) is 15.0. The van der Waals surface area contributed by atoms with Crippen LogP contribution < -0.4 is 10.6 Å². The highest BCUT2D eigenvalue weighted by Gasteiger charge is 2.42. The lowest BCUT2D eigenvalue weighted by molar-refractivity contribution is -0.787. The lowest BCUT2D eigenvalue weighted by Gasteiger charge is -2.43. The van der Waals surface area contributed by atoms with Gasteiger partial charge < -0.3 is 10.6 Å². The summed E-state index contributed by atoms with van der Waals surface area (Å²) < 4.78 is 0. The van der Waals surface area contributed by atoms with Gasteiger partial charge in [-0.3, -0.25) is 4.79 Å². The summed E-state index contributed by atoms with van der Waals surface area (Å²) in [5, 5.41) is 5.63. The van der Waals surface area contributed by atoms with Crippen molar-refractivity contribution in [3.63, 3.8) is 0 Å². The van der Waals surface area contributed by atoms with Crippen molar-refractivity contribution in [1.82, 2.24) is 5.32 Å². The number of nitrogens with one attached hydrogen (secondary N) is 1. The molecule has 0 radical (unpaired) electrons. The molecule has 3 nitrogen and oxygen atoms in total. The average molecular weight is 275 g/mol. The Bertz CT molecular complexity index is 472. The van der Waals surface area contributed by atoms with Gasteiger partial charge in [-0.05, 0) is 46.8 Å². The van der Waals surface area contributed by atoms with Gasteiger partial charge in [-0.15, -0.1) is 0 Å². The lowest BCUT2D eigenvalue weighted by Crippen LogP contribution is -3.06. The smallest absolute Gasteiger partial charge is 0.251 e. The lowest BCUT2D eigenvalue weighted by atomic mass is 9.79. The van der Waals surface area contributed by atoms with Gasteiger partial charge in [0.1, 0.15) is 0 Å². The summed E-state index contributed by atoms with van der Waals surface area (Å²) in [6.45, 7) is 11.0. The molecule has 20 heavy (non-hydrogen) atoms. The van der Waals surface area contributed by atoms with Gasteiger partial charge in [0.2, 0.25) is 0 Å². The first kappa shape index (κ1) is 15.0. The number of amides is 1. The summed E-state index contributed by atoms with van der Waals surface area (Å²) in [4.78, 5) is 12.3. The van der Waals surface area contributed by atoms with Gasteiger partial charge in [0.05, 0.1) is 11.1 Å². The predicted octanol–water partition coefficient (Wildman–Crippen LogP) is 2.01. The van der Waals surface area contributed by atoms with Crippen LogP contribution in [0.2, 0.25) is 0 Å². The molecule has 1 aromatic carbocycles. The summed E-state index contributed by atoms with van der Waals surface area (Å²) in [7, 11) is 0. The minimum atomic E-state index is 0.0449. The minimum absolute atomic E-state index is 0.0449. The van der Waals surface area contributed by atoms with E-state index in [-0.39, 0.29) is 23.0 Å². The maximum atomic E-state index is 12.3. The van der Waals surface area contributed by atoms with Crippen LogP contribution in [0.15, 0.2) is 24.3 Å². The minimum Gasteiger partial charge on any atom is -0.349 e. The number of hydrogen-bond donors (Lipinski definition) is 2. The highest BCUT2D eigenvalue weighted by molar-refractivity contribution is 5.94. The van der Waals surface area contributed by atoms with E-state index in [0.717, 1.165) is 18.4 Å². The third kappa shape index (κ3) is 3.83. The molecule has 3 heteroatoms. The third-order valence-corrected chi connectivity index (χ3v) is 3.98. The molecule has 1 aromatic rings. The molecule has 0 unspecified atom stereocenters. The average Bonchev–Trinajstić information content (AvgIpc) is 2.25. The van der Waals surface area contributed by atoms with Crippen LogP contribution >= 0.6 is 0 Å². The first-order valence-corrected chi connectivity index (χ1v) is 7.42. The van der Waals surface area contributed by atoms with Gasteiger partial charge >= 0.3 is 0 Å². The van der Waals surface area contributed by atoms with Crippen LogP contribution in [0.3, 0.4) is 0 Å². The van der Waals surface area contributed by atoms with Crippen molar-refractivity contribution in [2.75, 3.05) is 0 Å². The standard InChI is InChI=1S/C17H26N2O/c1-12-6-8-13(9-7-12)15(20)18-14-10-16(2,3)19-17(4,5)11-14/h6-9,14,19H,10-11H2,1-5H3,(H,18,20)/p+1. The molecule has 1 amide bonds. The van der Waals surface area contributed by atoms with Gasteiger partial charge in [-0.1, -0.05) is 17.7 Å². The van der Waals surface area contributed by atoms with Gasteiger partial charge in [-0.2, -0.15) is 0 Å². The molecule has 1 aliphatic rings. The Morgan fingerprint density at radius 1 is 1.10 bits per heavy atom. The van der Waals surface area contributed by atoms with Crippen molar-refractivity contribution >= 4 is 5.91 Å². The van der Waals surface area contributed by atoms with Crippen molar-refractivity contribution in [2.24, 2.45) is 0 Å². The monoisotopic (exact) mass is 275 g/mol. The molecular formula is C17H27N2O+. The van der Waals surface area contributed by atoms with Gasteiger partial charge in [0.15, 0.2) is 0 Å². The second-order valence-corrected chi connectivity index (χ2v) is 7.57. The van der Waals surface area contributed by atoms with Gasteiger partial charge in [0.25, 0.3) is 5.91 Å². The molecule has 0 saturated carbocycles. The Morgan fingerprint density at radius 2 is 1.60 bits per heavy atom. The Hall–Kier alpha value is -1.35. The topological polar surface area (TPSA) is 45.7 Å². The number of quaternary nitrogens is 1. The number of nitrogens with two attached hydrogens (primary N) is 1. The van der Waals surface area contributed by atoms with E-state index in [1.165, 1.54) is 5.56 Å². The molecule has 1 aliphatic heterocycles. The van der Waals surface area contributed by atoms with Crippen molar-refractivity contribution in [1.29, 1.82) is 0 Å². The van der Waals surface area contributed by atoms with E-state index < -0.39 is 0 Å². The molecule has 2 rings (SSSR count). The highest BCUT2D eigenvalue weighted by atomic mass is 16.1. The second kappa shape index (κ2) is 5.21. The normalized spacial score (nSPS) is 21.4. The molecule has 0 bridgehead atoms. The number of aryl methyl sites for hydroxylation is 1. The van der Waals surface area contributed by atoms with Crippen LogP contribution in [0.1, 0.15) is 56.5 Å². The van der Waals surface area contributed by atoms with E-state index in [1.54, 1.807) is 0 Å². The zero-order valence-electron chi connectivity index (χ0n) is 13.3. The molecule has 0 aromatic heterocycles. The molecular weight excluding hydrogens is 248 g/mol. The van der Waals surface area contributed by atoms with E-state index in [0.29, 0.717) is 0 Å². The fourth-order valence-corrected chi connectivity index (χ4v) is 3.59. The van der Waals surface area contributed by atoms with Gasteiger partial charge in [-0.25, -0.2) is 0 Å². The Morgan fingerprint density at radius 3 is 2.10 bits per heavy atom. The number of rotatable bonds is 2. The van der Waals surface area contributed by atoms with Crippen LogP contribution in [0.4, 0.5) is 0 Å². The number of carbonyl (C=O) groups is 1. The van der Waals surface area contributed by atoms with Crippen molar-refractivity contribution < 1.29 is 10.1 Å². The second-order valence-electron chi connectivity index (χ2n) is 7.57. The van der Waals surface area contributed by atoms with Crippen molar-refractivity contribution in [2.45, 2.75) is 64.6 Å². The SMILES string of the molecule is Cc1ccc(C(=O)NC2CC(C)(C)[NH2+]C(C)(C)C2)cc1. The van der Waals surface area contributed by atoms with E-state index in [9.17, 15) is 4.79 Å². The maximum Gasteiger partial charge on any atom is 0.251 e. The molecule has 0 spiro atoms. The first-order chi connectivity index (χ1) is 9.17. The Labute approximate surface area is 122 Å². The van der Waals surface area contributed by atoms with Crippen LogP contribution in [0, 0.1) is 6.92 Å². The third-order valence-electron chi connectivity index (χ3n) is 3.98. The summed E-state index contributed by atoms with van der Waals surface area (Å²) >= 11 is 0. The quantitative estimate of drug-likeness (QED) is 0.852. The Kier molecular flexibility index (Phi) is 3.92. The molecule has 1 heterocycles. The summed E-state index contributed by atoms with van der Waals surface area (Å²) in [6.07, 6.45) is 2.02. The number of benzene rings is 1. The number of hydrogen-bond acceptors (Lipinski definition) is 1. The zero-order valence-corrected chi connectivity index (χ0v) is 13.3. The highest BCUT2D eigenvalue weighted by Crippen LogP contribution is 2.22. The summed E-state index contributed by atoms with van der Waals surface area (Å²) in [6, 6.07) is 8.01. The van der Waals surface area contributed by atoms with Crippen molar-refractivity contribution in [3.05, 3.63) is 35.4 Å². The van der Waals surface area contributed by atoms with Crippen molar-refractivity contribution in [3.8, 4) is 0 Å². The molecule has 110 valence electrons. The van der Waals surface area contributed by atoms with Crippen LogP contribution in [0.5, 0.6) is 0 Å². The molecule has 1 saturated heterocycles. The largest absolute Gasteiger partial charge is 0.349 e. The molecule has 3 N–H and O–H groups in total. The molecule has 1 fully saturated rings. The van der Waals surface area contributed by atoms with Crippen LogP contribution in [-0.4, -0.2) is 23.0 Å². The predicted molar refractivity (Wildman–Crippen MR) is 81.8 cm³/mol.